The predicted molar refractivity (Wildman–Crippen MR) is 336 cm³/mol. The van der Waals surface area contributed by atoms with Gasteiger partial charge in [0.15, 0.2) is 23.8 Å². The number of rotatable bonds is 8. The standard InChI is InChI=1S/C59H58N12O18S5/c1-22(72)38-50(76)68-39(23(2)83-7)53-63-32(20-92-53)49(75)69-42-44-45(89-36-13-59(4,81)46(70(5)6)24(3)88-36)58(80)86-14-25-10-9-11-34-37(25)27(15-85-44)43(71(34)82)57(79)87-16-28(60-47(73)30-19-93-55(42)64-30)52-61-29(17-91-52)40-26(51-62-31(18-90-51)48(74)67-38)12-35(84-8)41(66-40)54-65-33(21-94-54)56(77)78/h9-12,17-22,24,28,36,38,42,44-46,72,81-82H,13-16H2,1-8H3,(H,60,73)(H,67,74)(H,68,76)(H,69,75)(H,77,78)/b39-23+. The van der Waals surface area contributed by atoms with Crippen LogP contribution < -0.4 is 26.0 Å². The summed E-state index contributed by atoms with van der Waals surface area (Å²) >= 11 is 4.71. The van der Waals surface area contributed by atoms with Crippen LogP contribution in [-0.2, 0) is 51.2 Å². The van der Waals surface area contributed by atoms with Gasteiger partial charge in [-0.3, -0.25) is 19.2 Å². The van der Waals surface area contributed by atoms with E-state index in [4.69, 9.17) is 48.1 Å². The number of hydrogen-bond acceptors (Lipinski definition) is 29. The highest BCUT2D eigenvalue weighted by molar-refractivity contribution is 7.14. The largest absolute Gasteiger partial charge is 0.499 e. The summed E-state index contributed by atoms with van der Waals surface area (Å²) in [6.45, 7) is 4.36. The van der Waals surface area contributed by atoms with Gasteiger partial charge in [-0.2, -0.15) is 4.73 Å². The first-order valence-corrected chi connectivity index (χ1v) is 33.1. The highest BCUT2D eigenvalue weighted by Crippen LogP contribution is 2.43. The number of carboxylic acid groups (broad SMARTS) is 1. The van der Waals surface area contributed by atoms with E-state index in [2.05, 4.69) is 36.2 Å². The van der Waals surface area contributed by atoms with Crippen LogP contribution in [0.2, 0.25) is 0 Å². The summed E-state index contributed by atoms with van der Waals surface area (Å²) in [4.78, 5) is 131. The second-order valence-electron chi connectivity index (χ2n) is 22.5. The number of carboxylic acids is 1. The minimum absolute atomic E-state index is 0.000760. The van der Waals surface area contributed by atoms with Gasteiger partial charge in [0.05, 0.1) is 50.2 Å². The summed E-state index contributed by atoms with van der Waals surface area (Å²) in [7, 11) is 6.22. The van der Waals surface area contributed by atoms with Crippen LogP contribution >= 0.6 is 56.7 Å². The summed E-state index contributed by atoms with van der Waals surface area (Å²) in [6.07, 6.45) is -7.45. The van der Waals surface area contributed by atoms with Crippen LogP contribution in [0.3, 0.4) is 0 Å². The Balaban J connectivity index is 1.06. The van der Waals surface area contributed by atoms with Gasteiger partial charge in [-0.1, -0.05) is 12.1 Å². The maximum Gasteiger partial charge on any atom is 0.358 e. The van der Waals surface area contributed by atoms with Crippen LogP contribution in [0.1, 0.15) is 125 Å². The lowest BCUT2D eigenvalue weighted by Crippen LogP contribution is -2.62. The Kier molecular flexibility index (Phi) is 18.2. The van der Waals surface area contributed by atoms with E-state index in [9.17, 15) is 44.5 Å². The van der Waals surface area contributed by atoms with Crippen molar-refractivity contribution in [3.8, 4) is 38.4 Å². The van der Waals surface area contributed by atoms with Crippen LogP contribution in [0.15, 0.2) is 56.9 Å². The Morgan fingerprint density at radius 2 is 1.49 bits per heavy atom. The summed E-state index contributed by atoms with van der Waals surface area (Å²) in [5.41, 5.74) is -2.07. The first kappa shape index (κ1) is 65.3. The lowest BCUT2D eigenvalue weighted by molar-refractivity contribution is -0.280. The number of aliphatic hydroxyl groups excluding tert-OH is 1. The van der Waals surface area contributed by atoms with Gasteiger partial charge < -0.3 is 79.9 Å². The number of carbonyl (C=O) groups excluding carboxylic acids is 6. The molecule has 4 aliphatic heterocycles. The number of aliphatic hydroxyl groups is 2. The van der Waals surface area contributed by atoms with Crippen molar-refractivity contribution in [2.24, 2.45) is 0 Å². The van der Waals surface area contributed by atoms with Crippen LogP contribution in [0, 0.1) is 0 Å². The number of methoxy groups -OCH3 is 2. The molecule has 8 N–H and O–H groups in total. The number of aromatic nitrogens is 7. The van der Waals surface area contributed by atoms with Crippen molar-refractivity contribution < 1.29 is 87.2 Å². The number of allylic oxidation sites excluding steroid dienone is 1. The van der Waals surface area contributed by atoms with Crippen molar-refractivity contribution in [1.82, 2.24) is 60.8 Å². The van der Waals surface area contributed by atoms with E-state index in [1.165, 1.54) is 61.7 Å². The van der Waals surface area contributed by atoms with Crippen molar-refractivity contribution >= 4 is 115 Å². The number of nitrogens with one attached hydrogen (secondary N) is 4. The van der Waals surface area contributed by atoms with Crippen LogP contribution in [0.4, 0.5) is 0 Å². The average molecular weight is 1380 g/mol. The average Bonchev–Trinajstić information content (AvgIpc) is 1.57. The molecule has 11 heterocycles. The summed E-state index contributed by atoms with van der Waals surface area (Å²) in [5, 5.41) is 63.7. The van der Waals surface area contributed by atoms with Crippen molar-refractivity contribution in [2.75, 3.05) is 34.9 Å². The van der Waals surface area contributed by atoms with Gasteiger partial charge in [0.1, 0.15) is 114 Å². The SMILES string of the molecule is CO/C(C)=C1/NC(=O)C(C(C)O)NC(=O)c2csc(n2)-c2cc(OC)c(-c3nc(C(=O)O)cs3)nc2-c2csc(n2)C2COC(=O)c3c4c5c(cccc5n3O)COC(=O)C(OC3CC(C)(O)C(N(C)C)C(C)O3)C(OC4)C(NC(=O)c3csc1n3)c1nc(cs1)C(=O)N2. The number of benzene rings is 1. The Labute approximate surface area is 552 Å². The maximum atomic E-state index is 15.2. The van der Waals surface area contributed by atoms with Gasteiger partial charge in [-0.15, -0.1) is 56.7 Å². The lowest BCUT2D eigenvalue weighted by atomic mass is 9.85. The molecule has 0 aliphatic carbocycles. The Hall–Kier alpha value is -8.75. The van der Waals surface area contributed by atoms with Gasteiger partial charge in [-0.25, -0.2) is 44.3 Å². The van der Waals surface area contributed by atoms with Gasteiger partial charge in [0.2, 0.25) is 5.91 Å². The number of nitrogens with zero attached hydrogens (tertiary/aromatic N) is 8. The second-order valence-corrected chi connectivity index (χ2v) is 26.9. The normalized spacial score (nSPS) is 24.6. The number of thiazole rings is 5. The van der Waals surface area contributed by atoms with E-state index >= 15 is 9.59 Å². The molecule has 0 spiro atoms. The summed E-state index contributed by atoms with van der Waals surface area (Å²) in [5.74, 6) is -6.92. The molecule has 8 aromatic rings. The molecule has 4 amide bonds. The van der Waals surface area contributed by atoms with Crippen LogP contribution in [0.25, 0.3) is 49.3 Å². The molecule has 7 aromatic heterocycles. The molecule has 0 saturated carbocycles. The molecule has 12 rings (SSSR count). The minimum Gasteiger partial charge on any atom is -0.499 e. The molecule has 1 saturated heterocycles. The van der Waals surface area contributed by atoms with E-state index in [1.807, 2.05) is 0 Å². The molecule has 0 radical (unpaired) electrons. The second kappa shape index (κ2) is 26.2. The Bertz CT molecular complexity index is 4380. The number of esters is 2. The van der Waals surface area contributed by atoms with Gasteiger partial charge in [0.25, 0.3) is 17.7 Å². The number of cyclic esters (lactones) is 2. The number of aromatic carboxylic acids is 1. The minimum atomic E-state index is -1.90. The van der Waals surface area contributed by atoms with Crippen molar-refractivity contribution in [3.05, 3.63) is 112 Å². The molecular weight excluding hydrogens is 1330 g/mol. The fraction of sp³-hybridized carbons (Fsp3) is 0.373. The molecule has 12 bridgehead atoms. The molecule has 4 aliphatic rings. The number of ether oxygens (including phenoxy) is 7. The lowest BCUT2D eigenvalue weighted by Gasteiger charge is -2.48. The molecule has 1 fully saturated rings. The molecule has 30 nitrogen and oxygen atoms in total. The zero-order valence-corrected chi connectivity index (χ0v) is 54.9. The van der Waals surface area contributed by atoms with E-state index in [1.54, 1.807) is 50.4 Å². The molecule has 492 valence electrons. The van der Waals surface area contributed by atoms with E-state index < -0.39 is 128 Å². The summed E-state index contributed by atoms with van der Waals surface area (Å²) in [6, 6.07) is 1.08. The third-order valence-corrected chi connectivity index (χ3v) is 20.4. The third kappa shape index (κ3) is 12.5. The van der Waals surface area contributed by atoms with Crippen LogP contribution in [0.5, 0.6) is 5.75 Å². The Morgan fingerprint density at radius 1 is 0.819 bits per heavy atom. The first-order valence-electron chi connectivity index (χ1n) is 28.7. The van der Waals surface area contributed by atoms with E-state index in [0.29, 0.717) is 10.3 Å². The maximum absolute atomic E-state index is 15.2. The first-order chi connectivity index (χ1) is 44.9. The zero-order valence-electron chi connectivity index (χ0n) is 50.8. The molecular formula is C59H58N12O18S5. The van der Waals surface area contributed by atoms with E-state index in [0.717, 1.165) is 56.7 Å². The molecule has 1 aromatic carbocycles. The third-order valence-electron chi connectivity index (χ3n) is 15.9. The Morgan fingerprint density at radius 3 is 2.19 bits per heavy atom. The quantitative estimate of drug-likeness (QED) is 0.0553. The number of likely N-dealkylation sites (N-methyl/N-ethyl adjacent to an activating group) is 1. The number of amides is 4. The fourth-order valence-electron chi connectivity index (χ4n) is 11.6. The predicted octanol–water partition coefficient (Wildman–Crippen LogP) is 5.16. The molecule has 10 atom stereocenters. The monoisotopic (exact) mass is 1380 g/mol. The number of carbonyl (C=O) groups is 7. The van der Waals surface area contributed by atoms with Crippen molar-refractivity contribution in [1.29, 1.82) is 0 Å². The van der Waals surface area contributed by atoms with Gasteiger partial charge >= 0.3 is 17.9 Å². The zero-order chi connectivity index (χ0) is 66.8. The fourth-order valence-corrected chi connectivity index (χ4v) is 15.8. The number of fused-ring (bicyclic) bond motifs is 15. The number of pyridine rings is 1. The van der Waals surface area contributed by atoms with Crippen molar-refractivity contribution in [2.45, 2.75) is 108 Å². The van der Waals surface area contributed by atoms with E-state index in [-0.39, 0.29) is 111 Å². The molecule has 35 heteroatoms. The van der Waals surface area contributed by atoms with Crippen molar-refractivity contribution in [3.63, 3.8) is 0 Å². The molecule has 10 unspecified atom stereocenters. The topological polar surface area (TPSA) is 399 Å². The smallest absolute Gasteiger partial charge is 0.358 e. The van der Waals surface area contributed by atoms with Gasteiger partial charge in [-0.05, 0) is 59.5 Å². The number of hydrogen-bond donors (Lipinski definition) is 8. The highest BCUT2D eigenvalue weighted by atomic mass is 32.1. The summed E-state index contributed by atoms with van der Waals surface area (Å²) < 4.78 is 44.0. The van der Waals surface area contributed by atoms with Gasteiger partial charge in [0, 0.05) is 49.8 Å². The van der Waals surface area contributed by atoms with Crippen LogP contribution in [-0.4, -0.2) is 185 Å². The highest BCUT2D eigenvalue weighted by Gasteiger charge is 2.50. The molecule has 94 heavy (non-hydrogen) atoms.